The highest BCUT2D eigenvalue weighted by molar-refractivity contribution is 14.0. The van der Waals surface area contributed by atoms with Gasteiger partial charge in [0.1, 0.15) is 5.82 Å². The molecule has 0 fully saturated rings. The van der Waals surface area contributed by atoms with Gasteiger partial charge in [0, 0.05) is 48.6 Å². The van der Waals surface area contributed by atoms with E-state index in [0.717, 1.165) is 65.4 Å². The van der Waals surface area contributed by atoms with E-state index in [1.807, 2.05) is 30.8 Å². The lowest BCUT2D eigenvalue weighted by molar-refractivity contribution is 0.182. The Morgan fingerprint density at radius 1 is 1.29 bits per heavy atom. The fraction of sp³-hybridized carbons (Fsp3) is 0.455. The highest BCUT2D eigenvalue weighted by Crippen LogP contribution is 2.19. The summed E-state index contributed by atoms with van der Waals surface area (Å²) in [4.78, 5) is 7.88. The summed E-state index contributed by atoms with van der Waals surface area (Å²) in [7, 11) is 1.69. The number of rotatable bonds is 9. The molecule has 0 aliphatic heterocycles. The first kappa shape index (κ1) is 25.1. The molecule has 3 N–H and O–H groups in total. The third kappa shape index (κ3) is 6.42. The van der Waals surface area contributed by atoms with Crippen LogP contribution in [0, 0.1) is 19.7 Å². The van der Waals surface area contributed by atoms with Crippen LogP contribution in [0.4, 0.5) is 4.39 Å². The number of guanidine groups is 1. The lowest BCUT2D eigenvalue weighted by Crippen LogP contribution is -2.38. The number of methoxy groups -OCH3 is 1. The molecular weight excluding hydrogens is 510 g/mol. The summed E-state index contributed by atoms with van der Waals surface area (Å²) < 4.78 is 20.5. The number of ether oxygens (including phenoxy) is 1. The molecule has 0 aliphatic carbocycles. The van der Waals surface area contributed by atoms with Gasteiger partial charge in [0.25, 0.3) is 0 Å². The average molecular weight is 542 g/mol. The zero-order chi connectivity index (χ0) is 21.5. The number of benzene rings is 1. The van der Waals surface area contributed by atoms with Gasteiger partial charge in [-0.25, -0.2) is 9.38 Å². The number of nitrogens with zero attached hydrogens (tertiary/aromatic N) is 3. The van der Waals surface area contributed by atoms with Gasteiger partial charge in [-0.15, -0.1) is 24.0 Å². The predicted octanol–water partition coefficient (Wildman–Crippen LogP) is 3.68. The van der Waals surface area contributed by atoms with E-state index in [0.29, 0.717) is 13.2 Å². The van der Waals surface area contributed by atoms with Crippen molar-refractivity contribution in [2.24, 2.45) is 4.99 Å². The molecule has 0 bridgehead atoms. The molecule has 0 amide bonds. The molecule has 0 saturated carbocycles. The summed E-state index contributed by atoms with van der Waals surface area (Å²) in [6.45, 7) is 9.57. The van der Waals surface area contributed by atoms with Gasteiger partial charge in [-0.2, -0.15) is 5.10 Å². The molecule has 31 heavy (non-hydrogen) atoms. The summed E-state index contributed by atoms with van der Waals surface area (Å²) in [6.07, 6.45) is 2.75. The smallest absolute Gasteiger partial charge is 0.191 e. The SMILES string of the molecule is CCNC(=NCc1c(C)nn(CCOC)c1C)NCCc1c[nH]c2cc(F)ccc12.I. The van der Waals surface area contributed by atoms with Crippen LogP contribution in [0.5, 0.6) is 0 Å². The van der Waals surface area contributed by atoms with Crippen LogP contribution < -0.4 is 10.6 Å². The minimum absolute atomic E-state index is 0. The number of hydrogen-bond acceptors (Lipinski definition) is 3. The van der Waals surface area contributed by atoms with Crippen LogP contribution in [0.3, 0.4) is 0 Å². The average Bonchev–Trinajstić information content (AvgIpc) is 3.24. The van der Waals surface area contributed by atoms with E-state index in [9.17, 15) is 4.39 Å². The van der Waals surface area contributed by atoms with E-state index in [-0.39, 0.29) is 29.8 Å². The number of aryl methyl sites for hydroxylation is 1. The van der Waals surface area contributed by atoms with Gasteiger partial charge in [-0.3, -0.25) is 4.68 Å². The first-order valence-corrected chi connectivity index (χ1v) is 10.3. The maximum Gasteiger partial charge on any atom is 0.191 e. The second-order valence-electron chi connectivity index (χ2n) is 7.24. The Morgan fingerprint density at radius 3 is 2.84 bits per heavy atom. The summed E-state index contributed by atoms with van der Waals surface area (Å²) in [6, 6.07) is 4.84. The molecule has 2 heterocycles. The van der Waals surface area contributed by atoms with E-state index in [2.05, 4.69) is 27.6 Å². The Morgan fingerprint density at radius 2 is 2.10 bits per heavy atom. The molecule has 0 saturated heterocycles. The number of fused-ring (bicyclic) bond motifs is 1. The van der Waals surface area contributed by atoms with Crippen LogP contribution >= 0.6 is 24.0 Å². The molecule has 3 aromatic rings. The quantitative estimate of drug-likeness (QED) is 0.219. The second-order valence-corrected chi connectivity index (χ2v) is 7.24. The second kappa shape index (κ2) is 12.0. The number of aromatic nitrogens is 3. The number of hydrogen-bond donors (Lipinski definition) is 3. The molecule has 170 valence electrons. The Labute approximate surface area is 199 Å². The van der Waals surface area contributed by atoms with Crippen LogP contribution in [0.2, 0.25) is 0 Å². The molecule has 0 spiro atoms. The van der Waals surface area contributed by atoms with Gasteiger partial charge in [-0.1, -0.05) is 0 Å². The highest BCUT2D eigenvalue weighted by Gasteiger charge is 2.11. The fourth-order valence-electron chi connectivity index (χ4n) is 3.54. The molecule has 1 aromatic carbocycles. The zero-order valence-corrected chi connectivity index (χ0v) is 20.9. The summed E-state index contributed by atoms with van der Waals surface area (Å²) >= 11 is 0. The van der Waals surface area contributed by atoms with Gasteiger partial charge in [-0.05, 0) is 51.0 Å². The standard InChI is InChI=1S/C22H31FN6O.HI/c1-5-24-22(27-14-20-15(2)28-29(16(20)3)10-11-30-4)25-9-8-17-13-26-21-12-18(23)6-7-19(17)21;/h6-7,12-13,26H,5,8-11,14H2,1-4H3,(H2,24,25,27);1H. The van der Waals surface area contributed by atoms with Gasteiger partial charge >= 0.3 is 0 Å². The van der Waals surface area contributed by atoms with Crippen molar-refractivity contribution in [1.82, 2.24) is 25.4 Å². The maximum absolute atomic E-state index is 13.4. The van der Waals surface area contributed by atoms with E-state index in [1.165, 1.54) is 12.1 Å². The molecular formula is C22H32FIN6O. The normalized spacial score (nSPS) is 11.6. The van der Waals surface area contributed by atoms with Crippen molar-refractivity contribution in [3.8, 4) is 0 Å². The molecule has 2 aromatic heterocycles. The molecule has 0 unspecified atom stereocenters. The largest absolute Gasteiger partial charge is 0.383 e. The highest BCUT2D eigenvalue weighted by atomic mass is 127. The van der Waals surface area contributed by atoms with Crippen LogP contribution in [0.15, 0.2) is 29.4 Å². The van der Waals surface area contributed by atoms with E-state index in [1.54, 1.807) is 7.11 Å². The maximum atomic E-state index is 13.4. The number of H-pyrrole nitrogens is 1. The third-order valence-corrected chi connectivity index (χ3v) is 5.19. The van der Waals surface area contributed by atoms with Crippen molar-refractivity contribution in [3.05, 3.63) is 52.7 Å². The van der Waals surface area contributed by atoms with Gasteiger partial charge < -0.3 is 20.4 Å². The Bertz CT molecular complexity index is 1010. The van der Waals surface area contributed by atoms with Crippen molar-refractivity contribution >= 4 is 40.8 Å². The van der Waals surface area contributed by atoms with Crippen LogP contribution in [-0.4, -0.2) is 47.5 Å². The lowest BCUT2D eigenvalue weighted by Gasteiger charge is -2.11. The van der Waals surface area contributed by atoms with Gasteiger partial charge in [0.2, 0.25) is 0 Å². The van der Waals surface area contributed by atoms with E-state index in [4.69, 9.17) is 9.73 Å². The number of aliphatic imine (C=N–C) groups is 1. The third-order valence-electron chi connectivity index (χ3n) is 5.19. The topological polar surface area (TPSA) is 79.3 Å². The minimum Gasteiger partial charge on any atom is -0.383 e. The molecule has 0 aliphatic rings. The molecule has 3 rings (SSSR count). The monoisotopic (exact) mass is 542 g/mol. The molecule has 7 nitrogen and oxygen atoms in total. The van der Waals surface area contributed by atoms with Gasteiger partial charge in [0.15, 0.2) is 5.96 Å². The van der Waals surface area contributed by atoms with Crippen LogP contribution in [0.1, 0.15) is 29.4 Å². The van der Waals surface area contributed by atoms with Crippen molar-refractivity contribution in [2.75, 3.05) is 26.8 Å². The van der Waals surface area contributed by atoms with Crippen molar-refractivity contribution < 1.29 is 9.13 Å². The van der Waals surface area contributed by atoms with E-state index >= 15 is 0 Å². The lowest BCUT2D eigenvalue weighted by atomic mass is 10.1. The Hall–Kier alpha value is -2.14. The van der Waals surface area contributed by atoms with Crippen molar-refractivity contribution in [3.63, 3.8) is 0 Å². The predicted molar refractivity (Wildman–Crippen MR) is 134 cm³/mol. The van der Waals surface area contributed by atoms with E-state index < -0.39 is 0 Å². The first-order valence-electron chi connectivity index (χ1n) is 10.3. The number of nitrogens with one attached hydrogen (secondary N) is 3. The Balaban J connectivity index is 0.00000341. The summed E-state index contributed by atoms with van der Waals surface area (Å²) in [5, 5.41) is 12.3. The van der Waals surface area contributed by atoms with Gasteiger partial charge in [0.05, 0.1) is 25.4 Å². The van der Waals surface area contributed by atoms with Crippen molar-refractivity contribution in [1.29, 1.82) is 0 Å². The molecule has 0 radical (unpaired) electrons. The number of halogens is 2. The summed E-state index contributed by atoms with van der Waals surface area (Å²) in [5.74, 6) is 0.540. The molecule has 0 atom stereocenters. The summed E-state index contributed by atoms with van der Waals surface area (Å²) in [5.41, 5.74) is 5.23. The van der Waals surface area contributed by atoms with Crippen LogP contribution in [-0.2, 0) is 24.2 Å². The minimum atomic E-state index is -0.230. The molecule has 9 heteroatoms. The van der Waals surface area contributed by atoms with Crippen LogP contribution in [0.25, 0.3) is 10.9 Å². The zero-order valence-electron chi connectivity index (χ0n) is 18.6. The van der Waals surface area contributed by atoms with Crippen molar-refractivity contribution in [2.45, 2.75) is 40.3 Å². The Kier molecular flexibility index (Phi) is 9.76. The fourth-order valence-corrected chi connectivity index (χ4v) is 3.54. The first-order chi connectivity index (χ1) is 14.5. The number of aromatic amines is 1.